The van der Waals surface area contributed by atoms with Gasteiger partial charge < -0.3 is 10.2 Å². The lowest BCUT2D eigenvalue weighted by atomic mass is 10.1. The highest BCUT2D eigenvalue weighted by molar-refractivity contribution is 7.13. The highest BCUT2D eigenvalue weighted by Crippen LogP contribution is 2.27. The maximum atomic E-state index is 4.81. The number of nitrogens with zero attached hydrogens (tertiary/aromatic N) is 3. The topological polar surface area (TPSA) is 31.4 Å². The summed E-state index contributed by atoms with van der Waals surface area (Å²) < 4.78 is 0. The van der Waals surface area contributed by atoms with Crippen molar-refractivity contribution in [1.82, 2.24) is 15.2 Å². The molecule has 1 unspecified atom stereocenters. The van der Waals surface area contributed by atoms with Crippen LogP contribution in [0.5, 0.6) is 0 Å². The molecule has 0 radical (unpaired) electrons. The maximum Gasteiger partial charge on any atom is 0.185 e. The molecule has 2 saturated heterocycles. The van der Waals surface area contributed by atoms with Crippen LogP contribution in [0.25, 0.3) is 0 Å². The molecule has 0 spiro atoms. The molecule has 0 amide bonds. The molecule has 21 heavy (non-hydrogen) atoms. The molecule has 4 nitrogen and oxygen atoms in total. The van der Waals surface area contributed by atoms with Crippen LogP contribution >= 0.6 is 11.3 Å². The van der Waals surface area contributed by atoms with Gasteiger partial charge in [0.25, 0.3) is 0 Å². The van der Waals surface area contributed by atoms with Crippen molar-refractivity contribution in [1.29, 1.82) is 0 Å². The van der Waals surface area contributed by atoms with Gasteiger partial charge in [-0.15, -0.1) is 11.3 Å². The number of hydrogen-bond donors (Lipinski definition) is 1. The number of piperidine rings is 1. The molecule has 1 aromatic rings. The zero-order valence-electron chi connectivity index (χ0n) is 13.3. The van der Waals surface area contributed by atoms with E-state index in [1.807, 2.05) is 0 Å². The van der Waals surface area contributed by atoms with Crippen molar-refractivity contribution in [3.8, 4) is 0 Å². The van der Waals surface area contributed by atoms with Crippen LogP contribution in [0.2, 0.25) is 0 Å². The first-order chi connectivity index (χ1) is 10.2. The third kappa shape index (κ3) is 3.96. The fourth-order valence-corrected chi connectivity index (χ4v) is 4.19. The Hall–Kier alpha value is -0.650. The normalized spacial score (nSPS) is 24.1. The van der Waals surface area contributed by atoms with Crippen LogP contribution in [0.1, 0.15) is 45.2 Å². The lowest BCUT2D eigenvalue weighted by molar-refractivity contribution is 0.175. The number of likely N-dealkylation sites (tertiary alicyclic amines) is 1. The van der Waals surface area contributed by atoms with Crippen molar-refractivity contribution in [2.24, 2.45) is 0 Å². The van der Waals surface area contributed by atoms with E-state index in [1.54, 1.807) is 11.3 Å². The summed E-state index contributed by atoms with van der Waals surface area (Å²) in [6, 6.07) is 1.27. The van der Waals surface area contributed by atoms with E-state index in [0.29, 0.717) is 6.04 Å². The average Bonchev–Trinajstić information content (AvgIpc) is 3.15. The smallest absolute Gasteiger partial charge is 0.185 e. The van der Waals surface area contributed by atoms with Crippen molar-refractivity contribution in [3.05, 3.63) is 11.1 Å². The second-order valence-corrected chi connectivity index (χ2v) is 7.48. The molecule has 3 heterocycles. The van der Waals surface area contributed by atoms with Gasteiger partial charge in [0.2, 0.25) is 0 Å². The molecule has 2 aliphatic heterocycles. The number of hydrogen-bond acceptors (Lipinski definition) is 5. The van der Waals surface area contributed by atoms with E-state index in [9.17, 15) is 0 Å². The Morgan fingerprint density at radius 3 is 2.86 bits per heavy atom. The second-order valence-electron chi connectivity index (χ2n) is 6.64. The van der Waals surface area contributed by atoms with Crippen molar-refractivity contribution < 1.29 is 0 Å². The van der Waals surface area contributed by atoms with Crippen LogP contribution in [0.15, 0.2) is 5.38 Å². The largest absolute Gasteiger partial charge is 0.346 e. The monoisotopic (exact) mass is 308 g/mol. The molecule has 0 aromatic carbocycles. The summed E-state index contributed by atoms with van der Waals surface area (Å²) in [7, 11) is 0. The molecule has 5 heteroatoms. The third-order valence-corrected chi connectivity index (χ3v) is 5.52. The molecule has 118 valence electrons. The molecule has 1 aromatic heterocycles. The minimum absolute atomic E-state index is 0.519. The van der Waals surface area contributed by atoms with Crippen LogP contribution in [-0.2, 0) is 6.54 Å². The van der Waals surface area contributed by atoms with Gasteiger partial charge in [0.15, 0.2) is 5.13 Å². The van der Waals surface area contributed by atoms with Gasteiger partial charge in [-0.25, -0.2) is 4.98 Å². The van der Waals surface area contributed by atoms with E-state index in [0.717, 1.165) is 12.6 Å². The van der Waals surface area contributed by atoms with E-state index < -0.39 is 0 Å². The SMILES string of the molecule is CC(C)NCc1csc(N2CCC(N3CCCCC3)C2)n1. The Morgan fingerprint density at radius 2 is 2.10 bits per heavy atom. The van der Waals surface area contributed by atoms with Gasteiger partial charge in [0.1, 0.15) is 0 Å². The lowest BCUT2D eigenvalue weighted by Crippen LogP contribution is -2.40. The summed E-state index contributed by atoms with van der Waals surface area (Å²) in [5.41, 5.74) is 1.19. The minimum atomic E-state index is 0.519. The number of anilines is 1. The first-order valence-corrected chi connectivity index (χ1v) is 9.27. The molecular formula is C16H28N4S. The molecule has 0 bridgehead atoms. The summed E-state index contributed by atoms with van der Waals surface area (Å²) in [5, 5.41) is 6.87. The van der Waals surface area contributed by atoms with E-state index in [1.165, 1.54) is 62.7 Å². The Bertz CT molecular complexity index is 439. The van der Waals surface area contributed by atoms with Crippen LogP contribution in [0.4, 0.5) is 5.13 Å². The molecule has 1 atom stereocenters. The van der Waals surface area contributed by atoms with Crippen LogP contribution in [0, 0.1) is 0 Å². The summed E-state index contributed by atoms with van der Waals surface area (Å²) in [5.74, 6) is 0. The highest BCUT2D eigenvalue weighted by Gasteiger charge is 2.29. The van der Waals surface area contributed by atoms with Crippen LogP contribution in [-0.4, -0.2) is 48.1 Å². The molecule has 2 fully saturated rings. The van der Waals surface area contributed by atoms with Crippen molar-refractivity contribution in [2.45, 2.75) is 58.2 Å². The molecule has 0 saturated carbocycles. The Morgan fingerprint density at radius 1 is 1.29 bits per heavy atom. The molecular weight excluding hydrogens is 280 g/mol. The first-order valence-electron chi connectivity index (χ1n) is 8.39. The Labute approximate surface area is 132 Å². The van der Waals surface area contributed by atoms with Gasteiger partial charge in [-0.2, -0.15) is 0 Å². The second kappa shape index (κ2) is 7.07. The van der Waals surface area contributed by atoms with Crippen LogP contribution < -0.4 is 10.2 Å². The fraction of sp³-hybridized carbons (Fsp3) is 0.812. The van der Waals surface area contributed by atoms with E-state index in [2.05, 4.69) is 34.3 Å². The number of nitrogens with one attached hydrogen (secondary N) is 1. The van der Waals surface area contributed by atoms with Gasteiger partial charge in [-0.1, -0.05) is 20.3 Å². The van der Waals surface area contributed by atoms with E-state index >= 15 is 0 Å². The summed E-state index contributed by atoms with van der Waals surface area (Å²) in [4.78, 5) is 10.0. The quantitative estimate of drug-likeness (QED) is 0.906. The lowest BCUT2D eigenvalue weighted by Gasteiger charge is -2.32. The predicted molar refractivity (Wildman–Crippen MR) is 90.1 cm³/mol. The summed E-state index contributed by atoms with van der Waals surface area (Å²) in [6.07, 6.45) is 5.50. The average molecular weight is 308 g/mol. The summed E-state index contributed by atoms with van der Waals surface area (Å²) >= 11 is 1.80. The van der Waals surface area contributed by atoms with Gasteiger partial charge >= 0.3 is 0 Å². The Balaban J connectivity index is 1.53. The van der Waals surface area contributed by atoms with Gasteiger partial charge in [0.05, 0.1) is 5.69 Å². The number of aromatic nitrogens is 1. The zero-order chi connectivity index (χ0) is 14.7. The zero-order valence-corrected chi connectivity index (χ0v) is 14.2. The fourth-order valence-electron chi connectivity index (χ4n) is 3.33. The molecule has 1 N–H and O–H groups in total. The standard InChI is InChI=1S/C16H28N4S/c1-13(2)17-10-14-12-21-16(18-14)20-9-6-15(11-20)19-7-4-3-5-8-19/h12-13,15,17H,3-11H2,1-2H3. The van der Waals surface area contributed by atoms with Crippen molar-refractivity contribution in [2.75, 3.05) is 31.1 Å². The molecule has 2 aliphatic rings. The summed E-state index contributed by atoms with van der Waals surface area (Å²) in [6.45, 7) is 10.2. The van der Waals surface area contributed by atoms with Gasteiger partial charge in [-0.05, 0) is 32.4 Å². The Kier molecular flexibility index (Phi) is 5.14. The molecule has 0 aliphatic carbocycles. The van der Waals surface area contributed by atoms with Crippen molar-refractivity contribution in [3.63, 3.8) is 0 Å². The van der Waals surface area contributed by atoms with Gasteiger partial charge in [0, 0.05) is 37.1 Å². The number of rotatable bonds is 5. The van der Waals surface area contributed by atoms with Crippen LogP contribution in [0.3, 0.4) is 0 Å². The van der Waals surface area contributed by atoms with E-state index in [4.69, 9.17) is 4.98 Å². The number of thiazole rings is 1. The third-order valence-electron chi connectivity index (χ3n) is 4.57. The maximum absolute atomic E-state index is 4.81. The molecule has 3 rings (SSSR count). The van der Waals surface area contributed by atoms with E-state index in [-0.39, 0.29) is 0 Å². The van der Waals surface area contributed by atoms with Crippen molar-refractivity contribution >= 4 is 16.5 Å². The predicted octanol–water partition coefficient (Wildman–Crippen LogP) is 2.71. The first kappa shape index (κ1) is 15.3. The minimum Gasteiger partial charge on any atom is -0.346 e. The highest BCUT2D eigenvalue weighted by atomic mass is 32.1. The van der Waals surface area contributed by atoms with Gasteiger partial charge in [-0.3, -0.25) is 4.90 Å².